The average molecular weight is 585 g/mol. The largest absolute Gasteiger partial charge is 0.423 e. The van der Waals surface area contributed by atoms with Gasteiger partial charge in [0.15, 0.2) is 0 Å². The Morgan fingerprint density at radius 3 is 2.17 bits per heavy atom. The Labute approximate surface area is 251 Å². The van der Waals surface area contributed by atoms with E-state index in [0.29, 0.717) is 30.8 Å². The van der Waals surface area contributed by atoms with E-state index in [9.17, 15) is 9.90 Å². The summed E-state index contributed by atoms with van der Waals surface area (Å²) in [7, 11) is -2.63. The van der Waals surface area contributed by atoms with Crippen LogP contribution < -0.4 is 10.4 Å². The fourth-order valence-electron chi connectivity index (χ4n) is 7.22. The van der Waals surface area contributed by atoms with Crippen molar-refractivity contribution in [2.45, 2.75) is 83.7 Å². The number of aliphatic hydroxyl groups is 1. The maximum Gasteiger partial charge on any atom is 0.343 e. The minimum atomic E-state index is -2.63. The summed E-state index contributed by atoms with van der Waals surface area (Å²) in [6, 6.07) is 21.2. The van der Waals surface area contributed by atoms with Gasteiger partial charge < -0.3 is 19.0 Å². The Hall–Kier alpha value is -3.03. The van der Waals surface area contributed by atoms with Gasteiger partial charge in [-0.15, -0.1) is 0 Å². The van der Waals surface area contributed by atoms with E-state index in [0.717, 1.165) is 5.57 Å². The molecule has 2 heterocycles. The molecule has 5 nitrogen and oxygen atoms in total. The Kier molecular flexibility index (Phi) is 7.90. The molecular weight excluding hydrogens is 540 g/mol. The lowest BCUT2D eigenvalue weighted by Crippen LogP contribution is -2.66. The molecule has 0 amide bonds. The number of allylic oxidation sites excluding steroid dienone is 3. The smallest absolute Gasteiger partial charge is 0.343 e. The number of hydrogen-bond acceptors (Lipinski definition) is 5. The molecule has 0 radical (unpaired) electrons. The van der Waals surface area contributed by atoms with Crippen LogP contribution in [0.15, 0.2) is 108 Å². The lowest BCUT2D eigenvalue weighted by Gasteiger charge is -2.42. The van der Waals surface area contributed by atoms with E-state index in [1.54, 1.807) is 6.08 Å². The van der Waals surface area contributed by atoms with Crippen LogP contribution in [0, 0.1) is 5.41 Å². The fourth-order valence-corrected chi connectivity index (χ4v) is 11.7. The molecule has 3 unspecified atom stereocenters. The van der Waals surface area contributed by atoms with Crippen LogP contribution in [-0.4, -0.2) is 43.3 Å². The van der Waals surface area contributed by atoms with Gasteiger partial charge in [-0.05, 0) is 65.6 Å². The van der Waals surface area contributed by atoms with Crippen LogP contribution >= 0.6 is 0 Å². The molecule has 0 spiro atoms. The molecule has 3 atom stereocenters. The molecule has 5 rings (SSSR count). The predicted octanol–water partition coefficient (Wildman–Crippen LogP) is 6.14. The molecule has 42 heavy (non-hydrogen) atoms. The maximum absolute atomic E-state index is 12.7. The van der Waals surface area contributed by atoms with Crippen molar-refractivity contribution in [1.29, 1.82) is 0 Å². The minimum Gasteiger partial charge on any atom is -0.423 e. The SMILES string of the molecule is CC(=C\CO[Si](c1ccccc1)(c1ccccc1)C(C)(C)C)/C=C1C=C(/C=C/C23OC2(C)CC(O)CC3(C)C)C(=O)O\1. The zero-order chi connectivity index (χ0) is 30.4. The third-order valence-electron chi connectivity index (χ3n) is 9.24. The summed E-state index contributed by atoms with van der Waals surface area (Å²) in [5.41, 5.74) is 0.280. The van der Waals surface area contributed by atoms with Crippen LogP contribution in [0.3, 0.4) is 0 Å². The van der Waals surface area contributed by atoms with Crippen molar-refractivity contribution in [3.05, 3.63) is 108 Å². The molecule has 2 fully saturated rings. The summed E-state index contributed by atoms with van der Waals surface area (Å²) in [5, 5.41) is 12.7. The highest BCUT2D eigenvalue weighted by Gasteiger charge is 2.74. The van der Waals surface area contributed by atoms with Gasteiger partial charge in [-0.3, -0.25) is 0 Å². The third kappa shape index (κ3) is 5.30. The van der Waals surface area contributed by atoms with Gasteiger partial charge in [-0.2, -0.15) is 0 Å². The fraction of sp³-hybridized carbons (Fsp3) is 0.417. The van der Waals surface area contributed by atoms with Crippen LogP contribution in [0.25, 0.3) is 0 Å². The van der Waals surface area contributed by atoms with Crippen molar-refractivity contribution in [1.82, 2.24) is 0 Å². The molecule has 6 heteroatoms. The molecule has 222 valence electrons. The molecule has 2 aliphatic heterocycles. The number of ether oxygens (including phenoxy) is 2. The molecule has 1 N–H and O–H groups in total. The topological polar surface area (TPSA) is 68.3 Å². The normalized spacial score (nSPS) is 28.5. The lowest BCUT2D eigenvalue weighted by atomic mass is 9.63. The highest BCUT2D eigenvalue weighted by Crippen LogP contribution is 2.66. The highest BCUT2D eigenvalue weighted by atomic mass is 28.4. The van der Waals surface area contributed by atoms with Gasteiger partial charge in [0, 0.05) is 11.8 Å². The number of benzene rings is 2. The van der Waals surface area contributed by atoms with Crippen molar-refractivity contribution in [3.8, 4) is 0 Å². The Morgan fingerprint density at radius 1 is 1.02 bits per heavy atom. The molecule has 1 aliphatic carbocycles. The summed E-state index contributed by atoms with van der Waals surface area (Å²) >= 11 is 0. The lowest BCUT2D eigenvalue weighted by molar-refractivity contribution is -0.132. The Morgan fingerprint density at radius 2 is 1.62 bits per heavy atom. The van der Waals surface area contributed by atoms with Crippen molar-refractivity contribution in [2.24, 2.45) is 5.41 Å². The van der Waals surface area contributed by atoms with Gasteiger partial charge in [0.25, 0.3) is 8.32 Å². The van der Waals surface area contributed by atoms with E-state index in [-0.39, 0.29) is 22.5 Å². The van der Waals surface area contributed by atoms with Crippen LogP contribution in [0.1, 0.15) is 61.3 Å². The van der Waals surface area contributed by atoms with E-state index in [1.807, 2.05) is 44.2 Å². The molecule has 0 aromatic heterocycles. The Balaban J connectivity index is 1.35. The van der Waals surface area contributed by atoms with E-state index in [1.165, 1.54) is 10.4 Å². The number of esters is 1. The summed E-state index contributed by atoms with van der Waals surface area (Å²) < 4.78 is 18.8. The molecule has 0 bridgehead atoms. The highest BCUT2D eigenvalue weighted by molar-refractivity contribution is 6.99. The van der Waals surface area contributed by atoms with Crippen LogP contribution in [0.2, 0.25) is 5.04 Å². The van der Waals surface area contributed by atoms with E-state index < -0.39 is 19.5 Å². The first-order valence-corrected chi connectivity index (χ1v) is 16.8. The molecular formula is C36H44O5Si. The second-order valence-corrected chi connectivity index (χ2v) is 18.1. The summed E-state index contributed by atoms with van der Waals surface area (Å²) in [4.78, 5) is 12.7. The minimum absolute atomic E-state index is 0.104. The maximum atomic E-state index is 12.7. The van der Waals surface area contributed by atoms with Crippen LogP contribution in [0.4, 0.5) is 0 Å². The first-order valence-electron chi connectivity index (χ1n) is 14.9. The first-order chi connectivity index (χ1) is 19.7. The predicted molar refractivity (Wildman–Crippen MR) is 170 cm³/mol. The van der Waals surface area contributed by atoms with Gasteiger partial charge >= 0.3 is 5.97 Å². The summed E-state index contributed by atoms with van der Waals surface area (Å²) in [6.07, 6.45) is 10.4. The number of rotatable bonds is 8. The standard InChI is InChI=1S/C36H44O5Si/c1-26(19-21-39-42(33(2,3)4,30-14-10-8-11-15-30)31-16-12-9-13-17-31)22-29-23-27(32(38)40-29)18-20-36-34(5,6)24-28(37)25-35(36,7)41-36/h8-20,22-23,28,37H,21,24-25H2,1-7H3/b20-18+,26-19+,29-22+. The summed E-state index contributed by atoms with van der Waals surface area (Å²) in [5.74, 6) is 0.135. The number of fused-ring (bicyclic) bond motifs is 1. The van der Waals surface area contributed by atoms with Crippen molar-refractivity contribution >= 4 is 24.7 Å². The van der Waals surface area contributed by atoms with E-state index >= 15 is 0 Å². The van der Waals surface area contributed by atoms with E-state index in [2.05, 4.69) is 89.2 Å². The first kappa shape index (κ1) is 30.4. The number of carbonyl (C=O) groups is 1. The zero-order valence-electron chi connectivity index (χ0n) is 25.9. The van der Waals surface area contributed by atoms with Crippen molar-refractivity contribution < 1.29 is 23.8 Å². The number of carbonyl (C=O) groups excluding carboxylic acids is 1. The second-order valence-electron chi connectivity index (χ2n) is 13.8. The average Bonchev–Trinajstić information content (AvgIpc) is 3.39. The second kappa shape index (κ2) is 10.9. The van der Waals surface area contributed by atoms with Gasteiger partial charge in [0.2, 0.25) is 0 Å². The van der Waals surface area contributed by atoms with Gasteiger partial charge in [-0.25, -0.2) is 4.79 Å². The van der Waals surface area contributed by atoms with Gasteiger partial charge in [0.1, 0.15) is 17.0 Å². The van der Waals surface area contributed by atoms with Crippen molar-refractivity contribution in [2.75, 3.05) is 6.61 Å². The van der Waals surface area contributed by atoms with Crippen LogP contribution in [0.5, 0.6) is 0 Å². The molecule has 1 saturated heterocycles. The molecule has 3 aliphatic rings. The Bertz CT molecular complexity index is 1410. The van der Waals surface area contributed by atoms with Gasteiger partial charge in [0.05, 0.1) is 18.3 Å². The zero-order valence-corrected chi connectivity index (χ0v) is 26.9. The molecule has 2 aromatic rings. The monoisotopic (exact) mass is 584 g/mol. The number of hydrogen-bond donors (Lipinski definition) is 1. The molecule has 2 aromatic carbocycles. The quantitative estimate of drug-likeness (QED) is 0.229. The number of aliphatic hydroxyl groups excluding tert-OH is 1. The third-order valence-corrected chi connectivity index (χ3v) is 14.2. The van der Waals surface area contributed by atoms with Gasteiger partial charge in [-0.1, -0.05) is 101 Å². The van der Waals surface area contributed by atoms with Crippen LogP contribution in [-0.2, 0) is 18.7 Å². The number of epoxide rings is 1. The van der Waals surface area contributed by atoms with E-state index in [4.69, 9.17) is 13.9 Å². The summed E-state index contributed by atoms with van der Waals surface area (Å²) in [6.45, 7) is 15.5. The number of cyclic esters (lactones) is 1. The molecule has 1 saturated carbocycles. The van der Waals surface area contributed by atoms with Crippen molar-refractivity contribution in [3.63, 3.8) is 0 Å².